The number of hydrogen-bond acceptors (Lipinski definition) is 6. The zero-order valence-electron chi connectivity index (χ0n) is 12.3. The molecule has 2 rings (SSSR count). The van der Waals surface area contributed by atoms with Crippen molar-refractivity contribution in [2.75, 3.05) is 5.32 Å². The van der Waals surface area contributed by atoms with Gasteiger partial charge in [-0.15, -0.1) is 0 Å². The molecule has 1 aromatic carbocycles. The topological polar surface area (TPSA) is 133 Å². The average molecular weight is 319 g/mol. The lowest BCUT2D eigenvalue weighted by Crippen LogP contribution is -2.19. The normalized spacial score (nSPS) is 10.3. The second kappa shape index (κ2) is 6.22. The van der Waals surface area contributed by atoms with Crippen LogP contribution >= 0.6 is 0 Å². The highest BCUT2D eigenvalue weighted by molar-refractivity contribution is 5.91. The Morgan fingerprint density at radius 2 is 1.78 bits per heavy atom. The molecule has 0 radical (unpaired) electrons. The predicted octanol–water partition coefficient (Wildman–Crippen LogP) is 1.96. The van der Waals surface area contributed by atoms with Crippen molar-refractivity contribution in [2.45, 2.75) is 20.4 Å². The van der Waals surface area contributed by atoms with Gasteiger partial charge in [-0.05, 0) is 19.9 Å². The number of nitro benzene ring substituents is 2. The predicted molar refractivity (Wildman–Crippen MR) is 80.1 cm³/mol. The molecule has 0 atom stereocenters. The van der Waals surface area contributed by atoms with Gasteiger partial charge in [-0.1, -0.05) is 0 Å². The van der Waals surface area contributed by atoms with E-state index in [1.165, 1.54) is 11.6 Å². The number of nitro groups is 2. The van der Waals surface area contributed by atoms with Gasteiger partial charge in [0.2, 0.25) is 5.91 Å². The third-order valence-corrected chi connectivity index (χ3v) is 3.11. The van der Waals surface area contributed by atoms with E-state index in [1.54, 1.807) is 19.2 Å². The second-order valence-electron chi connectivity index (χ2n) is 4.86. The van der Waals surface area contributed by atoms with E-state index >= 15 is 0 Å². The maximum absolute atomic E-state index is 11.9. The summed E-state index contributed by atoms with van der Waals surface area (Å²) in [6.07, 6.45) is 1.61. The Kier molecular flexibility index (Phi) is 4.35. The third-order valence-electron chi connectivity index (χ3n) is 3.11. The molecule has 0 unspecified atom stereocenters. The largest absolute Gasteiger partial charge is 0.324 e. The van der Waals surface area contributed by atoms with Crippen molar-refractivity contribution in [3.8, 4) is 0 Å². The number of carbonyl (C=O) groups excluding carboxylic acids is 1. The summed E-state index contributed by atoms with van der Waals surface area (Å²) in [4.78, 5) is 32.4. The van der Waals surface area contributed by atoms with Gasteiger partial charge in [0.1, 0.15) is 12.1 Å². The number of aromatic nitrogens is 2. The molecule has 0 fully saturated rings. The van der Waals surface area contributed by atoms with Gasteiger partial charge in [-0.25, -0.2) is 0 Å². The molecule has 10 heteroatoms. The number of nitrogens with zero attached hydrogens (tertiary/aromatic N) is 4. The van der Waals surface area contributed by atoms with Crippen LogP contribution in [0, 0.1) is 34.1 Å². The number of nitrogens with one attached hydrogen (secondary N) is 1. The third kappa shape index (κ3) is 3.67. The fraction of sp³-hybridized carbons (Fsp3) is 0.231. The van der Waals surface area contributed by atoms with Crippen LogP contribution in [0.25, 0.3) is 0 Å². The molecule has 1 heterocycles. The average Bonchev–Trinajstić information content (AvgIpc) is 2.85. The standard InChI is InChI=1S/C13H13N5O5/c1-8-3-4-16(15-8)7-13(19)14-10-5-11(17(20)21)9(2)12(6-10)18(22)23/h3-6H,7H2,1-2H3,(H,14,19). The highest BCUT2D eigenvalue weighted by atomic mass is 16.6. The monoisotopic (exact) mass is 319 g/mol. The number of hydrogen-bond donors (Lipinski definition) is 1. The van der Waals surface area contributed by atoms with E-state index in [4.69, 9.17) is 0 Å². The second-order valence-corrected chi connectivity index (χ2v) is 4.86. The van der Waals surface area contributed by atoms with Crippen LogP contribution in [0.15, 0.2) is 24.4 Å². The summed E-state index contributed by atoms with van der Waals surface area (Å²) >= 11 is 0. The molecule has 1 amide bonds. The number of aryl methyl sites for hydroxylation is 1. The van der Waals surface area contributed by atoms with Crippen LogP contribution in [0.3, 0.4) is 0 Å². The lowest BCUT2D eigenvalue weighted by Gasteiger charge is -2.07. The van der Waals surface area contributed by atoms with E-state index in [-0.39, 0.29) is 17.8 Å². The minimum absolute atomic E-state index is 0.0112. The highest BCUT2D eigenvalue weighted by Gasteiger charge is 2.23. The quantitative estimate of drug-likeness (QED) is 0.661. The summed E-state index contributed by atoms with van der Waals surface area (Å²) in [5, 5.41) is 28.4. The van der Waals surface area contributed by atoms with Gasteiger partial charge in [0.25, 0.3) is 11.4 Å². The lowest BCUT2D eigenvalue weighted by atomic mass is 10.1. The molecule has 1 aromatic heterocycles. The molecule has 0 spiro atoms. The SMILES string of the molecule is Cc1ccn(CC(=O)Nc2cc([N+](=O)[O-])c(C)c([N+](=O)[O-])c2)n1. The van der Waals surface area contributed by atoms with Crippen LogP contribution in [-0.4, -0.2) is 25.5 Å². The first-order chi connectivity index (χ1) is 10.8. The number of anilines is 1. The molecule has 2 aromatic rings. The summed E-state index contributed by atoms with van der Waals surface area (Å²) in [5.74, 6) is -0.499. The Bertz CT molecular complexity index is 763. The lowest BCUT2D eigenvalue weighted by molar-refractivity contribution is -0.395. The molecule has 23 heavy (non-hydrogen) atoms. The van der Waals surface area contributed by atoms with Crippen molar-refractivity contribution in [2.24, 2.45) is 0 Å². The first kappa shape index (κ1) is 16.1. The van der Waals surface area contributed by atoms with Gasteiger partial charge in [0, 0.05) is 18.3 Å². The molecule has 0 aliphatic rings. The molecule has 0 saturated heterocycles. The van der Waals surface area contributed by atoms with Gasteiger partial charge in [0.05, 0.1) is 21.2 Å². The van der Waals surface area contributed by atoms with Crippen molar-refractivity contribution in [3.05, 3.63) is 55.9 Å². The van der Waals surface area contributed by atoms with E-state index in [9.17, 15) is 25.0 Å². The van der Waals surface area contributed by atoms with E-state index in [2.05, 4.69) is 10.4 Å². The van der Waals surface area contributed by atoms with Crippen molar-refractivity contribution < 1.29 is 14.6 Å². The van der Waals surface area contributed by atoms with Crippen molar-refractivity contribution in [1.29, 1.82) is 0 Å². The van der Waals surface area contributed by atoms with E-state index in [1.807, 2.05) is 0 Å². The van der Waals surface area contributed by atoms with Crippen molar-refractivity contribution >= 4 is 23.0 Å². The van der Waals surface area contributed by atoms with Crippen molar-refractivity contribution in [3.63, 3.8) is 0 Å². The Morgan fingerprint density at radius 3 is 2.22 bits per heavy atom. The first-order valence-corrected chi connectivity index (χ1v) is 6.51. The zero-order chi connectivity index (χ0) is 17.1. The van der Waals surface area contributed by atoms with Gasteiger partial charge < -0.3 is 5.32 Å². The first-order valence-electron chi connectivity index (χ1n) is 6.51. The van der Waals surface area contributed by atoms with E-state index < -0.39 is 27.1 Å². The van der Waals surface area contributed by atoms with E-state index in [0.717, 1.165) is 17.8 Å². The maximum Gasteiger partial charge on any atom is 0.281 e. The minimum Gasteiger partial charge on any atom is -0.324 e. The fourth-order valence-corrected chi connectivity index (χ4v) is 2.03. The van der Waals surface area contributed by atoms with Crippen LogP contribution in [0.1, 0.15) is 11.3 Å². The summed E-state index contributed by atoms with van der Waals surface area (Å²) in [5.41, 5.74) is -0.197. The Labute approximate surface area is 130 Å². The summed E-state index contributed by atoms with van der Waals surface area (Å²) in [6, 6.07) is 3.90. The highest BCUT2D eigenvalue weighted by Crippen LogP contribution is 2.31. The van der Waals surface area contributed by atoms with Crippen molar-refractivity contribution in [1.82, 2.24) is 9.78 Å². The van der Waals surface area contributed by atoms with Gasteiger partial charge >= 0.3 is 0 Å². The molecule has 1 N–H and O–H groups in total. The molecule has 120 valence electrons. The van der Waals surface area contributed by atoms with Gasteiger partial charge in [-0.2, -0.15) is 5.10 Å². The zero-order valence-corrected chi connectivity index (χ0v) is 12.3. The van der Waals surface area contributed by atoms with Crippen LogP contribution in [0.4, 0.5) is 17.1 Å². The fourth-order valence-electron chi connectivity index (χ4n) is 2.03. The Hall–Kier alpha value is -3.30. The molecule has 0 aliphatic heterocycles. The molecule has 10 nitrogen and oxygen atoms in total. The Morgan fingerprint density at radius 1 is 1.22 bits per heavy atom. The number of carbonyl (C=O) groups is 1. The van der Waals surface area contributed by atoms with Crippen LogP contribution < -0.4 is 5.32 Å². The molecule has 0 saturated carbocycles. The smallest absolute Gasteiger partial charge is 0.281 e. The summed E-state index contributed by atoms with van der Waals surface area (Å²) < 4.78 is 1.39. The summed E-state index contributed by atoms with van der Waals surface area (Å²) in [6.45, 7) is 2.94. The van der Waals surface area contributed by atoms with Crippen LogP contribution in [0.2, 0.25) is 0 Å². The minimum atomic E-state index is -0.727. The van der Waals surface area contributed by atoms with Crippen LogP contribution in [-0.2, 0) is 11.3 Å². The molecule has 0 bridgehead atoms. The van der Waals surface area contributed by atoms with E-state index in [0.29, 0.717) is 0 Å². The molecule has 0 aliphatic carbocycles. The van der Waals surface area contributed by atoms with Gasteiger partial charge in [-0.3, -0.25) is 29.7 Å². The molecular formula is C13H13N5O5. The number of amides is 1. The number of rotatable bonds is 5. The maximum atomic E-state index is 11.9. The Balaban J connectivity index is 2.26. The summed E-state index contributed by atoms with van der Waals surface area (Å²) in [7, 11) is 0. The van der Waals surface area contributed by atoms with Gasteiger partial charge in [0.15, 0.2) is 0 Å². The molecular weight excluding hydrogens is 306 g/mol. The van der Waals surface area contributed by atoms with Crippen LogP contribution in [0.5, 0.6) is 0 Å². The number of benzene rings is 1.